The van der Waals surface area contributed by atoms with Gasteiger partial charge in [-0.2, -0.15) is 13.2 Å². The average Bonchev–Trinajstić information content (AvgIpc) is 2.66. The molecule has 0 aliphatic rings. The molecule has 158 valence electrons. The van der Waals surface area contributed by atoms with Gasteiger partial charge in [0.15, 0.2) is 0 Å². The number of carbonyl (C=O) groups excluding carboxylic acids is 1. The molecule has 30 heavy (non-hydrogen) atoms. The Balaban J connectivity index is 1.81. The Labute approximate surface area is 171 Å². The van der Waals surface area contributed by atoms with Gasteiger partial charge in [0.25, 0.3) is 0 Å². The molecule has 0 bridgehead atoms. The van der Waals surface area contributed by atoms with Crippen LogP contribution in [0.25, 0.3) is 10.8 Å². The zero-order chi connectivity index (χ0) is 21.9. The van der Waals surface area contributed by atoms with E-state index in [-0.39, 0.29) is 12.3 Å². The highest BCUT2D eigenvalue weighted by atomic mass is 19.4. The third kappa shape index (κ3) is 5.40. The number of alkyl halides is 3. The third-order valence-electron chi connectivity index (χ3n) is 4.10. The van der Waals surface area contributed by atoms with Gasteiger partial charge in [-0.1, -0.05) is 6.07 Å². The summed E-state index contributed by atoms with van der Waals surface area (Å²) in [6.07, 6.45) is -1.71. The van der Waals surface area contributed by atoms with E-state index in [0.29, 0.717) is 11.1 Å². The molecular weight excluding hydrogens is 397 g/mol. The van der Waals surface area contributed by atoms with Gasteiger partial charge in [-0.3, -0.25) is 4.98 Å². The Morgan fingerprint density at radius 2 is 1.70 bits per heavy atom. The zero-order valence-electron chi connectivity index (χ0n) is 16.7. The number of ether oxygens (including phenoxy) is 2. The third-order valence-corrected chi connectivity index (χ3v) is 4.10. The van der Waals surface area contributed by atoms with Crippen molar-refractivity contribution in [1.29, 1.82) is 0 Å². The number of nitrogens with one attached hydrogen (secondary N) is 1. The summed E-state index contributed by atoms with van der Waals surface area (Å²) in [4.78, 5) is 16.0. The number of amides is 1. The van der Waals surface area contributed by atoms with E-state index in [1.807, 2.05) is 0 Å². The highest BCUT2D eigenvalue weighted by Crippen LogP contribution is 2.34. The molecule has 1 N–H and O–H groups in total. The largest absolute Gasteiger partial charge is 0.457 e. The second-order valence-electron chi connectivity index (χ2n) is 7.62. The molecule has 0 radical (unpaired) electrons. The first-order valence-corrected chi connectivity index (χ1v) is 9.20. The summed E-state index contributed by atoms with van der Waals surface area (Å²) in [5.74, 6) is 0.744. The number of aromatic nitrogens is 1. The number of halogens is 3. The first-order valence-electron chi connectivity index (χ1n) is 9.20. The minimum atomic E-state index is -4.40. The molecule has 2 aromatic carbocycles. The number of pyridine rings is 1. The van der Waals surface area contributed by atoms with E-state index in [9.17, 15) is 18.0 Å². The molecular formula is C22H21F3N2O3. The van der Waals surface area contributed by atoms with Crippen molar-refractivity contribution in [2.24, 2.45) is 0 Å². The molecule has 0 fully saturated rings. The second kappa shape index (κ2) is 8.22. The lowest BCUT2D eigenvalue weighted by atomic mass is 10.1. The van der Waals surface area contributed by atoms with Gasteiger partial charge in [0.2, 0.25) is 0 Å². The van der Waals surface area contributed by atoms with Crippen LogP contribution in [-0.4, -0.2) is 16.7 Å². The topological polar surface area (TPSA) is 60.5 Å². The molecule has 0 saturated carbocycles. The summed E-state index contributed by atoms with van der Waals surface area (Å²) >= 11 is 0. The number of nitrogens with zero attached hydrogens (tertiary/aromatic N) is 1. The van der Waals surface area contributed by atoms with Crippen molar-refractivity contribution in [1.82, 2.24) is 10.3 Å². The normalized spacial score (nSPS) is 11.9. The predicted molar refractivity (Wildman–Crippen MR) is 106 cm³/mol. The monoisotopic (exact) mass is 418 g/mol. The van der Waals surface area contributed by atoms with Crippen LogP contribution in [0, 0.1) is 0 Å². The van der Waals surface area contributed by atoms with Gasteiger partial charge in [-0.25, -0.2) is 4.79 Å². The van der Waals surface area contributed by atoms with Crippen molar-refractivity contribution in [2.75, 3.05) is 0 Å². The Morgan fingerprint density at radius 3 is 2.33 bits per heavy atom. The van der Waals surface area contributed by atoms with Crippen molar-refractivity contribution in [3.05, 3.63) is 66.0 Å². The van der Waals surface area contributed by atoms with Crippen LogP contribution in [0.15, 0.2) is 54.9 Å². The standard InChI is InChI=1S/C22H21F3N2O3/c1-21(2,3)30-20(28)27-12-14-4-9-19(17-10-11-26-13-18(14)17)29-16-7-5-15(6-8-16)22(23,24)25/h4-11,13H,12H2,1-3H3,(H,27,28). The lowest BCUT2D eigenvalue weighted by Gasteiger charge is -2.20. The van der Waals surface area contributed by atoms with Gasteiger partial charge in [0.05, 0.1) is 5.56 Å². The fourth-order valence-electron chi connectivity index (χ4n) is 2.78. The van der Waals surface area contributed by atoms with E-state index < -0.39 is 23.4 Å². The lowest BCUT2D eigenvalue weighted by Crippen LogP contribution is -2.32. The summed E-state index contributed by atoms with van der Waals surface area (Å²) in [6, 6.07) is 9.69. The summed E-state index contributed by atoms with van der Waals surface area (Å²) < 4.78 is 49.2. The van der Waals surface area contributed by atoms with Gasteiger partial charge in [0.1, 0.15) is 17.1 Å². The van der Waals surface area contributed by atoms with Crippen LogP contribution in [-0.2, 0) is 17.5 Å². The Kier molecular flexibility index (Phi) is 5.87. The number of hydrogen-bond donors (Lipinski definition) is 1. The number of rotatable bonds is 4. The van der Waals surface area contributed by atoms with Crippen molar-refractivity contribution in [3.63, 3.8) is 0 Å². The van der Waals surface area contributed by atoms with Crippen molar-refractivity contribution in [2.45, 2.75) is 39.1 Å². The van der Waals surface area contributed by atoms with Gasteiger partial charge in [-0.15, -0.1) is 0 Å². The van der Waals surface area contributed by atoms with Gasteiger partial charge in [0, 0.05) is 29.7 Å². The molecule has 5 nitrogen and oxygen atoms in total. The Hall–Kier alpha value is -3.29. The first kappa shape index (κ1) is 21.4. The zero-order valence-corrected chi connectivity index (χ0v) is 16.7. The van der Waals surface area contributed by atoms with Crippen molar-refractivity contribution in [3.8, 4) is 11.5 Å². The molecule has 3 aromatic rings. The lowest BCUT2D eigenvalue weighted by molar-refractivity contribution is -0.137. The molecule has 0 saturated heterocycles. The summed E-state index contributed by atoms with van der Waals surface area (Å²) in [5.41, 5.74) is -0.552. The highest BCUT2D eigenvalue weighted by molar-refractivity contribution is 5.90. The number of fused-ring (bicyclic) bond motifs is 1. The molecule has 0 aliphatic carbocycles. The molecule has 1 heterocycles. The maximum atomic E-state index is 12.7. The predicted octanol–water partition coefficient (Wildman–Crippen LogP) is 6.07. The number of benzene rings is 2. The van der Waals surface area contributed by atoms with Crippen LogP contribution in [0.4, 0.5) is 18.0 Å². The van der Waals surface area contributed by atoms with Crippen LogP contribution in [0.5, 0.6) is 11.5 Å². The first-order chi connectivity index (χ1) is 14.0. The van der Waals surface area contributed by atoms with Crippen LogP contribution >= 0.6 is 0 Å². The van der Waals surface area contributed by atoms with E-state index >= 15 is 0 Å². The van der Waals surface area contributed by atoms with E-state index in [4.69, 9.17) is 9.47 Å². The van der Waals surface area contributed by atoms with Crippen molar-refractivity contribution < 1.29 is 27.4 Å². The second-order valence-corrected chi connectivity index (χ2v) is 7.62. The van der Waals surface area contributed by atoms with E-state index in [2.05, 4.69) is 10.3 Å². The fourth-order valence-corrected chi connectivity index (χ4v) is 2.78. The van der Waals surface area contributed by atoms with E-state index in [1.54, 1.807) is 51.4 Å². The molecule has 1 aromatic heterocycles. The van der Waals surface area contributed by atoms with Gasteiger partial charge >= 0.3 is 12.3 Å². The smallest absolute Gasteiger partial charge is 0.416 e. The minimum Gasteiger partial charge on any atom is -0.457 e. The van der Waals surface area contributed by atoms with Crippen LogP contribution in [0.2, 0.25) is 0 Å². The van der Waals surface area contributed by atoms with E-state index in [1.165, 1.54) is 12.1 Å². The number of carbonyl (C=O) groups is 1. The van der Waals surface area contributed by atoms with Crippen LogP contribution < -0.4 is 10.1 Å². The quantitative estimate of drug-likeness (QED) is 0.559. The maximum absolute atomic E-state index is 12.7. The molecule has 0 unspecified atom stereocenters. The summed E-state index contributed by atoms with van der Waals surface area (Å²) in [7, 11) is 0. The van der Waals surface area contributed by atoms with Gasteiger partial charge < -0.3 is 14.8 Å². The fraction of sp³-hybridized carbons (Fsp3) is 0.273. The molecule has 0 aliphatic heterocycles. The summed E-state index contributed by atoms with van der Waals surface area (Å²) in [5, 5.41) is 4.17. The maximum Gasteiger partial charge on any atom is 0.416 e. The van der Waals surface area contributed by atoms with Crippen LogP contribution in [0.1, 0.15) is 31.9 Å². The molecule has 0 atom stereocenters. The van der Waals surface area contributed by atoms with E-state index in [0.717, 1.165) is 23.1 Å². The Bertz CT molecular complexity index is 1040. The summed E-state index contributed by atoms with van der Waals surface area (Å²) in [6.45, 7) is 5.55. The molecule has 1 amide bonds. The molecule has 0 spiro atoms. The highest BCUT2D eigenvalue weighted by Gasteiger charge is 2.30. The Morgan fingerprint density at radius 1 is 1.00 bits per heavy atom. The number of alkyl carbamates (subject to hydrolysis) is 1. The average molecular weight is 418 g/mol. The number of hydrogen-bond acceptors (Lipinski definition) is 4. The SMILES string of the molecule is CC(C)(C)OC(=O)NCc1ccc(Oc2ccc(C(F)(F)F)cc2)c2ccncc12. The van der Waals surface area contributed by atoms with Crippen molar-refractivity contribution >= 4 is 16.9 Å². The molecule has 3 rings (SSSR count). The van der Waals surface area contributed by atoms with Gasteiger partial charge in [-0.05, 0) is 62.7 Å². The molecule has 8 heteroatoms. The minimum absolute atomic E-state index is 0.220. The van der Waals surface area contributed by atoms with Crippen LogP contribution in [0.3, 0.4) is 0 Å².